The molecule has 2 rings (SSSR count). The maximum atomic E-state index is 11.6. The molecule has 0 aromatic carbocycles. The van der Waals surface area contributed by atoms with Gasteiger partial charge in [-0.25, -0.2) is 9.78 Å². The zero-order valence-electron chi connectivity index (χ0n) is 9.42. The molecule has 2 heterocycles. The number of aromatic nitrogens is 1. The van der Waals surface area contributed by atoms with Crippen LogP contribution in [0.1, 0.15) is 12.0 Å². The molecule has 2 N–H and O–H groups in total. The van der Waals surface area contributed by atoms with Crippen LogP contribution < -0.4 is 10.2 Å². The number of nitrogens with zero attached hydrogens (tertiary/aromatic N) is 2. The average Bonchev–Trinajstić information content (AvgIpc) is 2.28. The number of carbonyl (C=O) groups excluding carboxylic acids is 2. The zero-order valence-corrected chi connectivity index (χ0v) is 9.42. The molecule has 0 saturated carbocycles. The Hall–Kier alpha value is -2.44. The maximum absolute atomic E-state index is 11.6. The summed E-state index contributed by atoms with van der Waals surface area (Å²) in [5.41, 5.74) is 0.553. The number of anilines is 1. The van der Waals surface area contributed by atoms with Crippen LogP contribution in [0, 0.1) is 0 Å². The van der Waals surface area contributed by atoms with E-state index in [1.54, 1.807) is 6.07 Å². The number of carbonyl (C=O) groups is 3. The van der Waals surface area contributed by atoms with E-state index in [9.17, 15) is 14.4 Å². The Morgan fingerprint density at radius 3 is 2.94 bits per heavy atom. The van der Waals surface area contributed by atoms with Crippen molar-refractivity contribution >= 4 is 23.7 Å². The van der Waals surface area contributed by atoms with E-state index in [4.69, 9.17) is 5.11 Å². The third kappa shape index (κ3) is 2.62. The highest BCUT2D eigenvalue weighted by atomic mass is 16.4. The Morgan fingerprint density at radius 2 is 2.28 bits per heavy atom. The molecule has 0 aliphatic carbocycles. The Kier molecular flexibility index (Phi) is 3.22. The maximum Gasteiger partial charge on any atom is 0.329 e. The number of nitrogens with one attached hydrogen (secondary N) is 1. The smallest absolute Gasteiger partial charge is 0.329 e. The molecule has 1 saturated heterocycles. The lowest BCUT2D eigenvalue weighted by atomic mass is 10.2. The van der Waals surface area contributed by atoms with Crippen LogP contribution in [-0.2, 0) is 16.0 Å². The summed E-state index contributed by atoms with van der Waals surface area (Å²) in [4.78, 5) is 38.5. The fourth-order valence-electron chi connectivity index (χ4n) is 1.68. The zero-order chi connectivity index (χ0) is 13.1. The SMILES string of the molecule is O=C(O)Cc1ccnc(N2CCC(=O)NC2=O)c1. The number of hydrogen-bond acceptors (Lipinski definition) is 4. The molecule has 0 unspecified atom stereocenters. The van der Waals surface area contributed by atoms with Crippen molar-refractivity contribution in [2.45, 2.75) is 12.8 Å². The number of aliphatic carboxylic acids is 1. The van der Waals surface area contributed by atoms with Gasteiger partial charge in [0.2, 0.25) is 5.91 Å². The third-order valence-corrected chi connectivity index (χ3v) is 2.50. The second-order valence-electron chi connectivity index (χ2n) is 3.85. The van der Waals surface area contributed by atoms with Crippen molar-refractivity contribution in [2.24, 2.45) is 0 Å². The Bertz CT molecular complexity index is 515. The number of rotatable bonds is 3. The molecule has 1 fully saturated rings. The van der Waals surface area contributed by atoms with Gasteiger partial charge in [-0.05, 0) is 17.7 Å². The fourth-order valence-corrected chi connectivity index (χ4v) is 1.68. The molecular weight excluding hydrogens is 238 g/mol. The van der Waals surface area contributed by atoms with Crippen LogP contribution in [0.25, 0.3) is 0 Å². The minimum atomic E-state index is -0.953. The van der Waals surface area contributed by atoms with E-state index in [0.717, 1.165) is 0 Å². The predicted octanol–water partition coefficient (Wildman–Crippen LogP) is 0.155. The topological polar surface area (TPSA) is 99.6 Å². The molecule has 94 valence electrons. The molecule has 7 nitrogen and oxygen atoms in total. The largest absolute Gasteiger partial charge is 0.481 e. The summed E-state index contributed by atoms with van der Waals surface area (Å²) < 4.78 is 0. The second kappa shape index (κ2) is 4.82. The normalized spacial score (nSPS) is 15.4. The van der Waals surface area contributed by atoms with E-state index < -0.39 is 12.0 Å². The number of carboxylic acids is 1. The average molecular weight is 249 g/mol. The Labute approximate surface area is 102 Å². The van der Waals surface area contributed by atoms with E-state index >= 15 is 0 Å². The van der Waals surface area contributed by atoms with Crippen LogP contribution in [-0.4, -0.2) is 34.5 Å². The molecule has 3 amide bonds. The van der Waals surface area contributed by atoms with Crippen molar-refractivity contribution in [3.8, 4) is 0 Å². The Balaban J connectivity index is 2.20. The van der Waals surface area contributed by atoms with Gasteiger partial charge in [-0.2, -0.15) is 0 Å². The van der Waals surface area contributed by atoms with Gasteiger partial charge in [-0.15, -0.1) is 0 Å². The van der Waals surface area contributed by atoms with Gasteiger partial charge in [0.1, 0.15) is 5.82 Å². The van der Waals surface area contributed by atoms with Crippen LogP contribution in [0.5, 0.6) is 0 Å². The summed E-state index contributed by atoms with van der Waals surface area (Å²) in [6.45, 7) is 0.244. The highest BCUT2D eigenvalue weighted by molar-refractivity contribution is 6.05. The van der Waals surface area contributed by atoms with Crippen molar-refractivity contribution < 1.29 is 19.5 Å². The van der Waals surface area contributed by atoms with Gasteiger partial charge in [0.15, 0.2) is 0 Å². The first kappa shape index (κ1) is 12.0. The van der Waals surface area contributed by atoms with E-state index in [1.165, 1.54) is 17.2 Å². The lowest BCUT2D eigenvalue weighted by molar-refractivity contribution is -0.136. The first-order chi connectivity index (χ1) is 8.56. The summed E-state index contributed by atoms with van der Waals surface area (Å²) in [5, 5.41) is 10.9. The number of pyridine rings is 1. The van der Waals surface area contributed by atoms with Crippen molar-refractivity contribution in [2.75, 3.05) is 11.4 Å². The Morgan fingerprint density at radius 1 is 1.50 bits per heavy atom. The molecule has 1 aliphatic rings. The van der Waals surface area contributed by atoms with E-state index in [1.807, 2.05) is 0 Å². The van der Waals surface area contributed by atoms with Crippen molar-refractivity contribution in [1.82, 2.24) is 10.3 Å². The molecule has 0 bridgehead atoms. The van der Waals surface area contributed by atoms with Crippen LogP contribution in [0.2, 0.25) is 0 Å². The number of carboxylic acid groups (broad SMARTS) is 1. The summed E-state index contributed by atoms with van der Waals surface area (Å²) in [5.74, 6) is -0.929. The van der Waals surface area contributed by atoms with Gasteiger partial charge in [0.25, 0.3) is 0 Å². The molecule has 0 atom stereocenters. The first-order valence-electron chi connectivity index (χ1n) is 5.34. The van der Waals surface area contributed by atoms with Gasteiger partial charge < -0.3 is 5.11 Å². The molecule has 1 aliphatic heterocycles. The summed E-state index contributed by atoms with van der Waals surface area (Å²) in [6.07, 6.45) is 1.51. The number of hydrogen-bond donors (Lipinski definition) is 2. The van der Waals surface area contributed by atoms with E-state index in [-0.39, 0.29) is 25.3 Å². The van der Waals surface area contributed by atoms with Gasteiger partial charge in [-0.3, -0.25) is 19.8 Å². The molecule has 7 heteroatoms. The van der Waals surface area contributed by atoms with Gasteiger partial charge in [-0.1, -0.05) is 0 Å². The van der Waals surface area contributed by atoms with E-state index in [0.29, 0.717) is 11.4 Å². The van der Waals surface area contributed by atoms with Gasteiger partial charge in [0.05, 0.1) is 6.42 Å². The first-order valence-corrected chi connectivity index (χ1v) is 5.34. The van der Waals surface area contributed by atoms with Crippen LogP contribution in [0.3, 0.4) is 0 Å². The second-order valence-corrected chi connectivity index (χ2v) is 3.85. The summed E-state index contributed by atoms with van der Waals surface area (Å²) >= 11 is 0. The number of imide groups is 1. The molecule has 1 aromatic rings. The summed E-state index contributed by atoms with van der Waals surface area (Å²) in [6, 6.07) is 2.57. The van der Waals surface area contributed by atoms with Crippen LogP contribution >= 0.6 is 0 Å². The lowest BCUT2D eigenvalue weighted by Gasteiger charge is -2.25. The lowest BCUT2D eigenvalue weighted by Crippen LogP contribution is -2.49. The van der Waals surface area contributed by atoms with E-state index in [2.05, 4.69) is 10.3 Å². The number of urea groups is 1. The van der Waals surface area contributed by atoms with Crippen molar-refractivity contribution in [3.63, 3.8) is 0 Å². The van der Waals surface area contributed by atoms with Crippen molar-refractivity contribution in [3.05, 3.63) is 23.9 Å². The molecule has 0 spiro atoms. The van der Waals surface area contributed by atoms with Crippen LogP contribution in [0.4, 0.5) is 10.6 Å². The van der Waals surface area contributed by atoms with Gasteiger partial charge >= 0.3 is 12.0 Å². The molecule has 18 heavy (non-hydrogen) atoms. The highest BCUT2D eigenvalue weighted by Gasteiger charge is 2.25. The molecule has 0 radical (unpaired) electrons. The molecular formula is C11H11N3O4. The van der Waals surface area contributed by atoms with Crippen molar-refractivity contribution in [1.29, 1.82) is 0 Å². The standard InChI is InChI=1S/C11H11N3O4/c15-9-2-4-14(11(18)13-9)8-5-7(1-3-12-8)6-10(16)17/h1,3,5H,2,4,6H2,(H,16,17)(H,13,15,18). The third-order valence-electron chi connectivity index (χ3n) is 2.50. The monoisotopic (exact) mass is 249 g/mol. The minimum Gasteiger partial charge on any atom is -0.481 e. The minimum absolute atomic E-state index is 0.135. The van der Waals surface area contributed by atoms with Gasteiger partial charge in [0, 0.05) is 19.2 Å². The predicted molar refractivity (Wildman–Crippen MR) is 61.1 cm³/mol. The summed E-state index contributed by atoms with van der Waals surface area (Å²) in [7, 11) is 0. The highest BCUT2D eigenvalue weighted by Crippen LogP contribution is 2.15. The fraction of sp³-hybridized carbons (Fsp3) is 0.273. The van der Waals surface area contributed by atoms with Crippen LogP contribution in [0.15, 0.2) is 18.3 Å². The molecule has 1 aromatic heterocycles. The number of amides is 3. The quantitative estimate of drug-likeness (QED) is 0.794.